The van der Waals surface area contributed by atoms with Gasteiger partial charge < -0.3 is 0 Å². The summed E-state index contributed by atoms with van der Waals surface area (Å²) in [5.41, 5.74) is -0.163. The van der Waals surface area contributed by atoms with Crippen molar-refractivity contribution in [3.8, 4) is 11.1 Å². The standard InChI is InChI=1S/C30H15Br2F3N2O4/c1-14-10-24(36-26(38)15-6-2-3-7-16(15)27(36)39)22(31)11-19(14)20-12-23(32)25(13-21(20)30(33,34)35)37-28(40)17-8-4-5-9-18(17)29(37)41/h2-13H,1H3. The van der Waals surface area contributed by atoms with E-state index in [0.717, 1.165) is 15.9 Å². The molecule has 0 spiro atoms. The third kappa shape index (κ3) is 4.14. The second-order valence-corrected chi connectivity index (χ2v) is 11.2. The predicted molar refractivity (Wildman–Crippen MR) is 152 cm³/mol. The zero-order valence-corrected chi connectivity index (χ0v) is 24.0. The van der Waals surface area contributed by atoms with E-state index < -0.39 is 35.4 Å². The van der Waals surface area contributed by atoms with Crippen LogP contribution in [0.15, 0.2) is 81.7 Å². The fourth-order valence-electron chi connectivity index (χ4n) is 5.13. The molecule has 2 aliphatic heterocycles. The first-order valence-electron chi connectivity index (χ1n) is 12.1. The van der Waals surface area contributed by atoms with Gasteiger partial charge in [-0.15, -0.1) is 0 Å². The highest BCUT2D eigenvalue weighted by molar-refractivity contribution is 9.11. The molecule has 0 saturated carbocycles. The number of alkyl halides is 3. The quantitative estimate of drug-likeness (QED) is 0.207. The number of rotatable bonds is 3. The first-order valence-corrected chi connectivity index (χ1v) is 13.7. The summed E-state index contributed by atoms with van der Waals surface area (Å²) in [6.45, 7) is 1.57. The average molecular weight is 684 g/mol. The van der Waals surface area contributed by atoms with Crippen LogP contribution in [-0.2, 0) is 6.18 Å². The molecule has 4 aromatic carbocycles. The summed E-state index contributed by atoms with van der Waals surface area (Å²) in [5, 5.41) is 0. The molecule has 0 atom stereocenters. The fourth-order valence-corrected chi connectivity index (χ4v) is 6.18. The Bertz CT molecular complexity index is 1800. The van der Waals surface area contributed by atoms with Crippen LogP contribution >= 0.6 is 31.9 Å². The lowest BCUT2D eigenvalue weighted by molar-refractivity contribution is -0.137. The zero-order chi connectivity index (χ0) is 29.4. The van der Waals surface area contributed by atoms with Crippen molar-refractivity contribution >= 4 is 66.9 Å². The Balaban J connectivity index is 1.47. The van der Waals surface area contributed by atoms with Gasteiger partial charge in [-0.1, -0.05) is 24.3 Å². The summed E-state index contributed by atoms with van der Waals surface area (Å²) in [4.78, 5) is 53.8. The van der Waals surface area contributed by atoms with Gasteiger partial charge in [0, 0.05) is 8.95 Å². The van der Waals surface area contributed by atoms with Gasteiger partial charge in [-0.3, -0.25) is 19.2 Å². The number of aryl methyl sites for hydroxylation is 1. The minimum atomic E-state index is -4.86. The number of anilines is 2. The number of benzene rings is 4. The van der Waals surface area contributed by atoms with Crippen molar-refractivity contribution in [2.45, 2.75) is 13.1 Å². The molecule has 2 aliphatic rings. The molecule has 0 N–H and O–H groups in total. The van der Waals surface area contributed by atoms with Crippen LogP contribution in [0.3, 0.4) is 0 Å². The van der Waals surface area contributed by atoms with E-state index in [-0.39, 0.29) is 53.7 Å². The van der Waals surface area contributed by atoms with Gasteiger partial charge in [0.15, 0.2) is 0 Å². The largest absolute Gasteiger partial charge is 0.417 e. The molecular formula is C30H15Br2F3N2O4. The zero-order valence-electron chi connectivity index (χ0n) is 20.8. The molecule has 6 nitrogen and oxygen atoms in total. The molecule has 0 radical (unpaired) electrons. The Morgan fingerprint density at radius 3 is 1.32 bits per heavy atom. The molecule has 4 amide bonds. The first-order chi connectivity index (χ1) is 19.4. The van der Waals surface area contributed by atoms with E-state index in [1.165, 1.54) is 42.5 Å². The van der Waals surface area contributed by atoms with Crippen LogP contribution in [0.1, 0.15) is 52.6 Å². The number of hydrogen-bond donors (Lipinski definition) is 0. The molecule has 0 saturated heterocycles. The lowest BCUT2D eigenvalue weighted by Gasteiger charge is -2.23. The van der Waals surface area contributed by atoms with Crippen LogP contribution in [0.25, 0.3) is 11.1 Å². The van der Waals surface area contributed by atoms with Gasteiger partial charge in [-0.25, -0.2) is 9.80 Å². The van der Waals surface area contributed by atoms with Gasteiger partial charge in [-0.2, -0.15) is 13.2 Å². The highest BCUT2D eigenvalue weighted by Crippen LogP contribution is 2.46. The minimum absolute atomic E-state index is 0.0925. The number of fused-ring (bicyclic) bond motifs is 2. The molecule has 11 heteroatoms. The maximum atomic E-state index is 14.5. The van der Waals surface area contributed by atoms with Crippen molar-refractivity contribution in [3.63, 3.8) is 0 Å². The second-order valence-electron chi connectivity index (χ2n) is 9.45. The van der Waals surface area contributed by atoms with Crippen molar-refractivity contribution in [2.75, 3.05) is 9.80 Å². The number of hydrogen-bond acceptors (Lipinski definition) is 4. The third-order valence-electron chi connectivity index (χ3n) is 7.05. The van der Waals surface area contributed by atoms with Gasteiger partial charge in [0.1, 0.15) is 0 Å². The normalized spacial score (nSPS) is 14.7. The molecule has 6 rings (SSSR count). The maximum absolute atomic E-state index is 14.5. The molecule has 0 fully saturated rings. The van der Waals surface area contributed by atoms with Crippen molar-refractivity contribution in [3.05, 3.63) is 115 Å². The van der Waals surface area contributed by atoms with E-state index in [9.17, 15) is 32.3 Å². The molecule has 4 aromatic rings. The van der Waals surface area contributed by atoms with E-state index in [1.807, 2.05) is 0 Å². The summed E-state index contributed by atoms with van der Waals surface area (Å²) < 4.78 is 43.8. The predicted octanol–water partition coefficient (Wildman–Crippen LogP) is 7.81. The number of carbonyl (C=O) groups excluding carboxylic acids is 4. The second kappa shape index (κ2) is 9.49. The topological polar surface area (TPSA) is 74.8 Å². The summed E-state index contributed by atoms with van der Waals surface area (Å²) in [6, 6.07) is 17.2. The number of amides is 4. The van der Waals surface area contributed by atoms with E-state index in [1.54, 1.807) is 31.2 Å². The van der Waals surface area contributed by atoms with E-state index in [4.69, 9.17) is 0 Å². The Hall–Kier alpha value is -4.09. The smallest absolute Gasteiger partial charge is 0.268 e. The van der Waals surface area contributed by atoms with Crippen molar-refractivity contribution in [1.82, 2.24) is 0 Å². The first kappa shape index (κ1) is 27.1. The van der Waals surface area contributed by atoms with E-state index in [0.29, 0.717) is 5.56 Å². The van der Waals surface area contributed by atoms with Gasteiger partial charge in [-0.05, 0) is 104 Å². The van der Waals surface area contributed by atoms with E-state index >= 15 is 0 Å². The maximum Gasteiger partial charge on any atom is 0.417 e. The SMILES string of the molecule is Cc1cc(N2C(=O)c3ccccc3C2=O)c(Br)cc1-c1cc(Br)c(N2C(=O)c3ccccc3C2=O)cc1C(F)(F)F. The number of imide groups is 2. The molecule has 0 bridgehead atoms. The van der Waals surface area contributed by atoms with Crippen LogP contribution in [-0.4, -0.2) is 23.6 Å². The van der Waals surface area contributed by atoms with Crippen LogP contribution in [0.2, 0.25) is 0 Å². The van der Waals surface area contributed by atoms with Crippen molar-refractivity contribution < 1.29 is 32.3 Å². The number of halogens is 5. The molecule has 2 heterocycles. The Morgan fingerprint density at radius 2 is 0.927 bits per heavy atom. The molecule has 0 aromatic heterocycles. The fraction of sp³-hybridized carbons (Fsp3) is 0.0667. The Labute approximate surface area is 247 Å². The lowest BCUT2D eigenvalue weighted by Crippen LogP contribution is -2.30. The summed E-state index contributed by atoms with van der Waals surface area (Å²) in [6.07, 6.45) is -4.86. The Morgan fingerprint density at radius 1 is 0.561 bits per heavy atom. The lowest BCUT2D eigenvalue weighted by atomic mass is 9.94. The van der Waals surface area contributed by atoms with Crippen molar-refractivity contribution in [2.24, 2.45) is 0 Å². The van der Waals surface area contributed by atoms with Crippen LogP contribution < -0.4 is 9.80 Å². The third-order valence-corrected chi connectivity index (χ3v) is 8.32. The molecule has 0 unspecified atom stereocenters. The summed E-state index contributed by atoms with van der Waals surface area (Å²) >= 11 is 6.62. The summed E-state index contributed by atoms with van der Waals surface area (Å²) in [5.74, 6) is -2.53. The molecule has 0 aliphatic carbocycles. The molecular weight excluding hydrogens is 669 g/mol. The van der Waals surface area contributed by atoms with Crippen LogP contribution in [0.4, 0.5) is 24.5 Å². The molecule has 204 valence electrons. The van der Waals surface area contributed by atoms with E-state index in [2.05, 4.69) is 31.9 Å². The average Bonchev–Trinajstić information content (AvgIpc) is 3.33. The summed E-state index contributed by atoms with van der Waals surface area (Å²) in [7, 11) is 0. The number of carbonyl (C=O) groups is 4. The molecule has 41 heavy (non-hydrogen) atoms. The monoisotopic (exact) mass is 682 g/mol. The number of nitrogens with zero attached hydrogens (tertiary/aromatic N) is 2. The van der Waals surface area contributed by atoms with Gasteiger partial charge in [0.05, 0.1) is 39.2 Å². The van der Waals surface area contributed by atoms with Gasteiger partial charge >= 0.3 is 6.18 Å². The van der Waals surface area contributed by atoms with Crippen LogP contribution in [0.5, 0.6) is 0 Å². The van der Waals surface area contributed by atoms with Gasteiger partial charge in [0.25, 0.3) is 23.6 Å². The van der Waals surface area contributed by atoms with Crippen LogP contribution in [0, 0.1) is 6.92 Å². The Kier molecular flexibility index (Phi) is 6.27. The van der Waals surface area contributed by atoms with Crippen molar-refractivity contribution in [1.29, 1.82) is 0 Å². The highest BCUT2D eigenvalue weighted by Gasteiger charge is 2.41. The van der Waals surface area contributed by atoms with Gasteiger partial charge in [0.2, 0.25) is 0 Å². The minimum Gasteiger partial charge on any atom is -0.268 e. The highest BCUT2D eigenvalue weighted by atomic mass is 79.9.